The van der Waals surface area contributed by atoms with Gasteiger partial charge in [0.25, 0.3) is 11.4 Å². The average molecular weight is 490 g/mol. The van der Waals surface area contributed by atoms with Crippen LogP contribution >= 0.6 is 11.8 Å². The van der Waals surface area contributed by atoms with Crippen molar-refractivity contribution >= 4 is 41.0 Å². The molecule has 0 radical (unpaired) electrons. The molecule has 178 valence electrons. The minimum absolute atomic E-state index is 0.0909. The first kappa shape index (κ1) is 24.6. The highest BCUT2D eigenvalue weighted by molar-refractivity contribution is 8.00. The van der Waals surface area contributed by atoms with E-state index in [2.05, 4.69) is 0 Å². The third kappa shape index (κ3) is 6.28. The number of nitrogens with zero attached hydrogens (tertiary/aromatic N) is 2. The number of ether oxygens (including phenoxy) is 3. The maximum Gasteiger partial charge on any atom is 0.338 e. The van der Waals surface area contributed by atoms with Gasteiger partial charge in [-0.1, -0.05) is 0 Å². The molecular formula is C21H18N2O10S. The zero-order chi connectivity index (χ0) is 24.8. The number of carbonyl (C=O) groups excluding carboxylic acids is 3. The van der Waals surface area contributed by atoms with Crippen molar-refractivity contribution in [2.24, 2.45) is 0 Å². The molecule has 0 bridgehead atoms. The predicted octanol–water partition coefficient (Wildman–Crippen LogP) is 3.28. The van der Waals surface area contributed by atoms with Crippen molar-refractivity contribution in [2.45, 2.75) is 30.1 Å². The molecule has 1 aliphatic rings. The molecule has 0 aliphatic carbocycles. The largest absolute Gasteiger partial charge is 0.461 e. The molecule has 0 saturated carbocycles. The lowest BCUT2D eigenvalue weighted by molar-refractivity contribution is -0.385. The number of carbonyl (C=O) groups is 3. The highest BCUT2D eigenvalue weighted by Gasteiger charge is 2.40. The summed E-state index contributed by atoms with van der Waals surface area (Å²) in [7, 11) is 0. The van der Waals surface area contributed by atoms with Gasteiger partial charge in [-0.05, 0) is 24.3 Å². The number of nitro benzene ring substituents is 2. The minimum atomic E-state index is -0.776. The second-order valence-corrected chi connectivity index (χ2v) is 8.50. The highest BCUT2D eigenvalue weighted by atomic mass is 32.2. The Balaban J connectivity index is 1.65. The average Bonchev–Trinajstić information content (AvgIpc) is 3.17. The smallest absolute Gasteiger partial charge is 0.338 e. The number of non-ortho nitro benzene ring substituents is 2. The number of thioether (sulfide) groups is 1. The zero-order valence-electron chi connectivity index (χ0n) is 17.7. The molecule has 2 aromatic rings. The molecule has 3 rings (SSSR count). The first-order valence-corrected chi connectivity index (χ1v) is 10.8. The summed E-state index contributed by atoms with van der Waals surface area (Å²) < 4.78 is 16.0. The Morgan fingerprint density at radius 1 is 0.882 bits per heavy atom. The lowest BCUT2D eigenvalue weighted by Gasteiger charge is -2.18. The Bertz CT molecular complexity index is 1100. The molecule has 0 aromatic heterocycles. The van der Waals surface area contributed by atoms with Crippen molar-refractivity contribution in [3.05, 3.63) is 79.9 Å². The normalized spacial score (nSPS) is 19.1. The van der Waals surface area contributed by atoms with E-state index in [0.717, 1.165) is 11.8 Å². The quantitative estimate of drug-likeness (QED) is 0.231. The predicted molar refractivity (Wildman–Crippen MR) is 117 cm³/mol. The number of rotatable bonds is 8. The number of nitro groups is 2. The molecule has 1 heterocycles. The van der Waals surface area contributed by atoms with Gasteiger partial charge in [-0.25, -0.2) is 9.59 Å². The summed E-state index contributed by atoms with van der Waals surface area (Å²) in [5.41, 5.74) is -0.794. The number of hydrogen-bond acceptors (Lipinski definition) is 11. The Hall–Kier alpha value is -4.00. The van der Waals surface area contributed by atoms with Crippen molar-refractivity contribution in [1.29, 1.82) is 0 Å². The first-order chi connectivity index (χ1) is 16.1. The molecule has 2 aromatic carbocycles. The maximum atomic E-state index is 12.5. The van der Waals surface area contributed by atoms with Crippen LogP contribution < -0.4 is 0 Å². The van der Waals surface area contributed by atoms with Crippen molar-refractivity contribution in [3.8, 4) is 0 Å². The van der Waals surface area contributed by atoms with Crippen molar-refractivity contribution in [2.75, 3.05) is 6.61 Å². The molecule has 0 amide bonds. The van der Waals surface area contributed by atoms with Gasteiger partial charge in [0.1, 0.15) is 12.7 Å². The molecule has 1 aliphatic heterocycles. The molecule has 3 atom stereocenters. The number of esters is 3. The van der Waals surface area contributed by atoms with Crippen LogP contribution in [-0.2, 0) is 19.0 Å². The van der Waals surface area contributed by atoms with Crippen LogP contribution in [0, 0.1) is 20.2 Å². The van der Waals surface area contributed by atoms with Crippen LogP contribution in [0.25, 0.3) is 0 Å². The summed E-state index contributed by atoms with van der Waals surface area (Å²) in [5.74, 6) is -2.00. The van der Waals surface area contributed by atoms with E-state index in [9.17, 15) is 34.6 Å². The minimum Gasteiger partial charge on any atom is -0.461 e. The van der Waals surface area contributed by atoms with Crippen LogP contribution in [0.3, 0.4) is 0 Å². The van der Waals surface area contributed by atoms with Crippen LogP contribution in [0.5, 0.6) is 0 Å². The number of hydrogen-bond donors (Lipinski definition) is 0. The highest BCUT2D eigenvalue weighted by Crippen LogP contribution is 2.37. The first-order valence-electron chi connectivity index (χ1n) is 9.83. The van der Waals surface area contributed by atoms with Crippen LogP contribution in [0.2, 0.25) is 0 Å². The van der Waals surface area contributed by atoms with E-state index < -0.39 is 44.5 Å². The zero-order valence-corrected chi connectivity index (χ0v) is 18.5. The van der Waals surface area contributed by atoms with Gasteiger partial charge in [0.2, 0.25) is 0 Å². The summed E-state index contributed by atoms with van der Waals surface area (Å²) in [5, 5.41) is 21.0. The summed E-state index contributed by atoms with van der Waals surface area (Å²) >= 11 is 1.16. The summed E-state index contributed by atoms with van der Waals surface area (Å²) in [6.07, 6.45) is -0.621. The fourth-order valence-corrected chi connectivity index (χ4v) is 4.47. The Labute approximate surface area is 196 Å². The molecule has 0 N–H and O–H groups in total. The lowest BCUT2D eigenvalue weighted by atomic mass is 10.1. The molecule has 0 spiro atoms. The second-order valence-electron chi connectivity index (χ2n) is 7.10. The second kappa shape index (κ2) is 10.7. The van der Waals surface area contributed by atoms with E-state index in [1.807, 2.05) is 0 Å². The third-order valence-electron chi connectivity index (χ3n) is 4.73. The SMILES string of the molecule is CC(=O)OC1C[C@H](OC(=O)c2ccc([N+](=O)[O-])cc2)[C@@H](COC(=O)c2ccc([N+](=O)[O-])cc2)S1. The molecule has 34 heavy (non-hydrogen) atoms. The third-order valence-corrected chi connectivity index (χ3v) is 6.11. The van der Waals surface area contributed by atoms with E-state index >= 15 is 0 Å². The van der Waals surface area contributed by atoms with Crippen molar-refractivity contribution < 1.29 is 38.4 Å². The van der Waals surface area contributed by atoms with Gasteiger partial charge in [-0.2, -0.15) is 0 Å². The van der Waals surface area contributed by atoms with Crippen LogP contribution in [0.15, 0.2) is 48.5 Å². The molecular weight excluding hydrogens is 472 g/mol. The monoisotopic (exact) mass is 490 g/mol. The van der Waals surface area contributed by atoms with Gasteiger partial charge in [-0.3, -0.25) is 25.0 Å². The molecule has 13 heteroatoms. The molecule has 1 unspecified atom stereocenters. The fourth-order valence-electron chi connectivity index (χ4n) is 3.10. The van der Waals surface area contributed by atoms with Gasteiger partial charge >= 0.3 is 17.9 Å². The topological polar surface area (TPSA) is 165 Å². The lowest BCUT2D eigenvalue weighted by Crippen LogP contribution is -2.29. The van der Waals surface area contributed by atoms with Gasteiger partial charge in [0.15, 0.2) is 5.44 Å². The van der Waals surface area contributed by atoms with E-state index in [1.54, 1.807) is 0 Å². The summed E-state index contributed by atoms with van der Waals surface area (Å²) in [6, 6.07) is 9.73. The standard InChI is InChI=1S/C21H18N2O10S/c1-12(24)32-19-10-17(33-21(26)14-4-8-16(9-5-14)23(29)30)18(34-19)11-31-20(25)13-2-6-15(7-3-13)22(27)28/h2-9,17-19H,10-11H2,1H3/t17-,18+,19?/m0/s1. The molecule has 1 saturated heterocycles. The summed E-state index contributed by atoms with van der Waals surface area (Å²) in [6.45, 7) is 1.05. The van der Waals surface area contributed by atoms with Crippen LogP contribution in [0.4, 0.5) is 11.4 Å². The Morgan fingerprint density at radius 2 is 1.38 bits per heavy atom. The van der Waals surface area contributed by atoms with E-state index in [1.165, 1.54) is 55.5 Å². The van der Waals surface area contributed by atoms with Crippen LogP contribution in [0.1, 0.15) is 34.1 Å². The van der Waals surface area contributed by atoms with E-state index in [-0.39, 0.29) is 35.5 Å². The molecule has 12 nitrogen and oxygen atoms in total. The molecule has 1 fully saturated rings. The van der Waals surface area contributed by atoms with Gasteiger partial charge in [0.05, 0.1) is 26.2 Å². The maximum absolute atomic E-state index is 12.5. The number of benzene rings is 2. The Morgan fingerprint density at radius 3 is 1.85 bits per heavy atom. The van der Waals surface area contributed by atoms with Crippen molar-refractivity contribution in [3.63, 3.8) is 0 Å². The van der Waals surface area contributed by atoms with Crippen LogP contribution in [-0.4, -0.2) is 51.2 Å². The van der Waals surface area contributed by atoms with E-state index in [0.29, 0.717) is 0 Å². The van der Waals surface area contributed by atoms with Gasteiger partial charge in [-0.15, -0.1) is 11.8 Å². The Kier molecular flexibility index (Phi) is 7.79. The summed E-state index contributed by atoms with van der Waals surface area (Å²) in [4.78, 5) is 56.5. The fraction of sp³-hybridized carbons (Fsp3) is 0.286. The van der Waals surface area contributed by atoms with E-state index in [4.69, 9.17) is 14.2 Å². The van der Waals surface area contributed by atoms with Gasteiger partial charge in [0, 0.05) is 37.6 Å². The van der Waals surface area contributed by atoms with Crippen molar-refractivity contribution in [1.82, 2.24) is 0 Å². The van der Waals surface area contributed by atoms with Gasteiger partial charge < -0.3 is 14.2 Å².